The van der Waals surface area contributed by atoms with Crippen LogP contribution >= 0.6 is 0 Å². The molecule has 5 heteroatoms. The zero-order chi connectivity index (χ0) is 6.53. The van der Waals surface area contributed by atoms with Gasteiger partial charge in [0.2, 0.25) is 0 Å². The van der Waals surface area contributed by atoms with E-state index in [1.54, 1.807) is 6.33 Å². The van der Waals surface area contributed by atoms with E-state index in [2.05, 4.69) is 15.3 Å². The maximum Gasteiger partial charge on any atom is 0.0921 e. The van der Waals surface area contributed by atoms with Gasteiger partial charge in [-0.15, -0.1) is 0 Å². The van der Waals surface area contributed by atoms with Crippen molar-refractivity contribution in [2.75, 3.05) is 13.6 Å². The van der Waals surface area contributed by atoms with Crippen LogP contribution in [-0.2, 0) is 6.42 Å². The van der Waals surface area contributed by atoms with Crippen LogP contribution in [0.1, 0.15) is 5.69 Å². The van der Waals surface area contributed by atoms with Gasteiger partial charge in [-0.1, -0.05) is 0 Å². The highest BCUT2D eigenvalue weighted by Gasteiger charge is 1.89. The van der Waals surface area contributed by atoms with Gasteiger partial charge in [0.25, 0.3) is 0 Å². The fraction of sp³-hybridized carbons (Fsp3) is 0.500. The van der Waals surface area contributed by atoms with Crippen LogP contribution in [0.3, 0.4) is 0 Å². The molecule has 1 rings (SSSR count). The molecule has 1 aromatic heterocycles. The average molecular weight is 196 g/mol. The van der Waals surface area contributed by atoms with Gasteiger partial charge < -0.3 is 35.1 Å². The van der Waals surface area contributed by atoms with Gasteiger partial charge >= 0.3 is 0 Å². The summed E-state index contributed by atoms with van der Waals surface area (Å²) in [4.78, 5) is 6.91. The summed E-state index contributed by atoms with van der Waals surface area (Å²) in [5.74, 6) is 0. The Kier molecular flexibility index (Phi) is 9.53. The summed E-state index contributed by atoms with van der Waals surface area (Å²) in [6, 6.07) is 0. The van der Waals surface area contributed by atoms with Crippen LogP contribution in [0.25, 0.3) is 0 Å². The number of hydrogen-bond acceptors (Lipinski definition) is 2. The number of rotatable bonds is 3. The molecule has 11 heavy (non-hydrogen) atoms. The first-order valence-electron chi connectivity index (χ1n) is 3.05. The molecule has 0 aromatic carbocycles. The second kappa shape index (κ2) is 7.85. The van der Waals surface area contributed by atoms with Crippen molar-refractivity contribution >= 4 is 0 Å². The normalized spacial score (nSPS) is 8.09. The third-order valence-corrected chi connectivity index (χ3v) is 1.20. The van der Waals surface area contributed by atoms with Gasteiger partial charge in [-0.25, -0.2) is 4.98 Å². The lowest BCUT2D eigenvalue weighted by molar-refractivity contribution is -0.00100. The van der Waals surface area contributed by atoms with Crippen molar-refractivity contribution < 1.29 is 24.8 Å². The van der Waals surface area contributed by atoms with E-state index in [1.165, 1.54) is 5.69 Å². The molecule has 3 nitrogen and oxygen atoms in total. The van der Waals surface area contributed by atoms with E-state index in [0.717, 1.165) is 13.0 Å². The van der Waals surface area contributed by atoms with Gasteiger partial charge in [-0.2, -0.15) is 0 Å². The topological polar surface area (TPSA) is 40.7 Å². The lowest BCUT2D eigenvalue weighted by atomic mass is 10.3. The third kappa shape index (κ3) is 5.07. The van der Waals surface area contributed by atoms with Crippen LogP contribution in [0.4, 0.5) is 0 Å². The zero-order valence-electron chi connectivity index (χ0n) is 6.27. The maximum absolute atomic E-state index is 3.89. The molecule has 1 aromatic rings. The molecule has 0 spiro atoms. The van der Waals surface area contributed by atoms with Crippen LogP contribution in [0.2, 0.25) is 0 Å². The van der Waals surface area contributed by atoms with Crippen molar-refractivity contribution in [1.29, 1.82) is 0 Å². The molecule has 0 saturated carbocycles. The van der Waals surface area contributed by atoms with Crippen molar-refractivity contribution in [1.82, 2.24) is 15.3 Å². The Morgan fingerprint density at radius 1 is 1.55 bits per heavy atom. The summed E-state index contributed by atoms with van der Waals surface area (Å²) in [7, 11) is 1.94. The van der Waals surface area contributed by atoms with Crippen LogP contribution in [-0.4, -0.2) is 23.6 Å². The Morgan fingerprint density at radius 2 is 2.27 bits per heavy atom. The highest BCUT2D eigenvalue weighted by molar-refractivity contribution is 4.94. The van der Waals surface area contributed by atoms with Crippen molar-refractivity contribution in [2.24, 2.45) is 0 Å². The van der Waals surface area contributed by atoms with E-state index in [9.17, 15) is 0 Å². The predicted octanol–water partition coefficient (Wildman–Crippen LogP) is -5.82. The van der Waals surface area contributed by atoms with Gasteiger partial charge in [0.1, 0.15) is 0 Å². The predicted molar refractivity (Wildman–Crippen MR) is 36.2 cm³/mol. The number of nitrogens with one attached hydrogen (secondary N) is 2. The largest absolute Gasteiger partial charge is 1.00 e. The summed E-state index contributed by atoms with van der Waals surface area (Å²) >= 11 is 0. The minimum atomic E-state index is 0. The number of hydrogen-bond donors (Lipinski definition) is 2. The summed E-state index contributed by atoms with van der Waals surface area (Å²) in [6.45, 7) is 1.00. The van der Waals surface area contributed by atoms with Gasteiger partial charge in [0, 0.05) is 24.9 Å². The van der Waals surface area contributed by atoms with Crippen molar-refractivity contribution in [2.45, 2.75) is 6.42 Å². The molecule has 0 saturated heterocycles. The number of imidazole rings is 1. The third-order valence-electron chi connectivity index (χ3n) is 1.20. The quantitative estimate of drug-likeness (QED) is 0.505. The summed E-state index contributed by atoms with van der Waals surface area (Å²) in [6.07, 6.45) is 4.57. The smallest absolute Gasteiger partial charge is 0.0921 e. The number of likely N-dealkylation sites (N-methyl/N-ethyl adjacent to an activating group) is 1. The summed E-state index contributed by atoms with van der Waals surface area (Å²) in [5.41, 5.74) is 1.18. The van der Waals surface area contributed by atoms with E-state index in [1.807, 2.05) is 13.2 Å². The van der Waals surface area contributed by atoms with E-state index in [0.29, 0.717) is 0 Å². The van der Waals surface area contributed by atoms with Gasteiger partial charge in [-0.05, 0) is 7.05 Å². The van der Waals surface area contributed by atoms with E-state index in [4.69, 9.17) is 0 Å². The number of nitrogens with zero attached hydrogens (tertiary/aromatic N) is 1. The van der Waals surface area contributed by atoms with Gasteiger partial charge in [0.05, 0.1) is 6.33 Å². The maximum atomic E-state index is 3.89. The Bertz CT molecular complexity index is 153. The van der Waals surface area contributed by atoms with Crippen LogP contribution in [0.5, 0.6) is 0 Å². The summed E-state index contributed by atoms with van der Waals surface area (Å²) < 4.78 is 0. The average Bonchev–Trinajstić information content (AvgIpc) is 2.34. The molecule has 2 N–H and O–H groups in total. The SMILES string of the molecule is CNCCc1cnc[nH]1.[Cl-].[Cl-]. The van der Waals surface area contributed by atoms with Crippen molar-refractivity contribution in [3.05, 3.63) is 18.2 Å². The fourth-order valence-electron chi connectivity index (χ4n) is 0.681. The number of H-pyrrole nitrogens is 1. The molecule has 0 fully saturated rings. The van der Waals surface area contributed by atoms with Gasteiger partial charge in [0.15, 0.2) is 0 Å². The summed E-state index contributed by atoms with van der Waals surface area (Å²) in [5, 5.41) is 3.06. The highest BCUT2D eigenvalue weighted by atomic mass is 35.5. The minimum absolute atomic E-state index is 0. The molecule has 0 aliphatic carbocycles. The van der Waals surface area contributed by atoms with Crippen molar-refractivity contribution in [3.63, 3.8) is 0 Å². The van der Waals surface area contributed by atoms with E-state index < -0.39 is 0 Å². The lowest BCUT2D eigenvalue weighted by Gasteiger charge is -1.93. The second-order valence-corrected chi connectivity index (χ2v) is 1.93. The highest BCUT2D eigenvalue weighted by Crippen LogP contribution is 1.89. The molecular formula is C6H11Cl2N3-2. The standard InChI is InChI=1S/C6H11N3.2ClH/c1-7-3-2-6-4-8-5-9-6;;/h4-5,7H,2-3H2,1H3,(H,8,9);2*1H/p-2. The first kappa shape index (κ1) is 13.3. The van der Waals surface area contributed by atoms with Crippen LogP contribution in [0.15, 0.2) is 12.5 Å². The molecule has 0 aliphatic rings. The fourth-order valence-corrected chi connectivity index (χ4v) is 0.681. The molecule has 0 unspecified atom stereocenters. The molecule has 1 heterocycles. The number of aromatic nitrogens is 2. The Morgan fingerprint density at radius 3 is 2.73 bits per heavy atom. The Hall–Kier alpha value is -0.250. The zero-order valence-corrected chi connectivity index (χ0v) is 7.78. The molecule has 0 atom stereocenters. The molecule has 0 amide bonds. The van der Waals surface area contributed by atoms with Crippen LogP contribution in [0, 0.1) is 0 Å². The Labute approximate surface area is 78.8 Å². The van der Waals surface area contributed by atoms with E-state index >= 15 is 0 Å². The first-order chi connectivity index (χ1) is 4.43. The molecule has 66 valence electrons. The first-order valence-corrected chi connectivity index (χ1v) is 3.05. The van der Waals surface area contributed by atoms with Gasteiger partial charge in [-0.3, -0.25) is 0 Å². The number of halogens is 2. The molecule has 0 radical (unpaired) electrons. The number of aromatic amines is 1. The van der Waals surface area contributed by atoms with Crippen molar-refractivity contribution in [3.8, 4) is 0 Å². The van der Waals surface area contributed by atoms with E-state index in [-0.39, 0.29) is 24.8 Å². The lowest BCUT2D eigenvalue weighted by Crippen LogP contribution is -3.00. The molecule has 0 bridgehead atoms. The Balaban J connectivity index is 0. The molecule has 0 aliphatic heterocycles. The minimum Gasteiger partial charge on any atom is -1.00 e. The monoisotopic (exact) mass is 195 g/mol. The second-order valence-electron chi connectivity index (χ2n) is 1.93. The molecular weight excluding hydrogens is 185 g/mol. The van der Waals surface area contributed by atoms with Crippen LogP contribution < -0.4 is 30.1 Å².